The molecule has 0 aliphatic rings. The summed E-state index contributed by atoms with van der Waals surface area (Å²) in [6.45, 7) is 0. The highest BCUT2D eigenvalue weighted by Gasteiger charge is 2.72. The van der Waals surface area contributed by atoms with Crippen LogP contribution in [-0.4, -0.2) is 31.3 Å². The molecule has 0 fully saturated rings. The van der Waals surface area contributed by atoms with Gasteiger partial charge in [0.15, 0.2) is 5.60 Å². The van der Waals surface area contributed by atoms with Gasteiger partial charge in [-0.25, -0.2) is 0 Å². The lowest BCUT2D eigenvalue weighted by Gasteiger charge is -2.39. The summed E-state index contributed by atoms with van der Waals surface area (Å²) in [4.78, 5) is 1.34. The molecule has 8 heteroatoms. The Morgan fingerprint density at radius 1 is 0.840 bits per heavy atom. The summed E-state index contributed by atoms with van der Waals surface area (Å²) in [6.07, 6.45) is -6.00. The minimum absolute atomic E-state index is 0.00819. The second kappa shape index (κ2) is 6.46. The number of rotatable bonds is 4. The molecule has 25 heavy (non-hydrogen) atoms. The number of aliphatic hydroxyl groups is 1. The first kappa shape index (κ1) is 19.5. The first-order valence-corrected chi connectivity index (χ1v) is 7.51. The Bertz CT molecular complexity index is 763. The summed E-state index contributed by atoms with van der Waals surface area (Å²) < 4.78 is 68.6. The normalized spacial score (nSPS) is 14.9. The van der Waals surface area contributed by atoms with Crippen LogP contribution in [0.25, 0.3) is 0 Å². The van der Waals surface area contributed by atoms with E-state index in [0.29, 0.717) is 0 Å². The van der Waals surface area contributed by atoms with Gasteiger partial charge in [-0.2, -0.15) is 22.0 Å². The van der Waals surface area contributed by atoms with E-state index in [4.69, 9.17) is 11.6 Å². The van der Waals surface area contributed by atoms with E-state index in [1.807, 2.05) is 0 Å². The van der Waals surface area contributed by atoms with Gasteiger partial charge >= 0.3 is 12.1 Å². The molecule has 2 aromatic carbocycles. The fourth-order valence-electron chi connectivity index (χ4n) is 2.61. The molecule has 1 N–H and O–H groups in total. The van der Waals surface area contributed by atoms with Crippen LogP contribution in [-0.2, 0) is 5.60 Å². The third kappa shape index (κ3) is 3.06. The fourth-order valence-corrected chi connectivity index (χ4v) is 2.89. The molecule has 0 heterocycles. The van der Waals surface area contributed by atoms with E-state index in [-0.39, 0.29) is 5.69 Å². The Hall–Kier alpha value is -1.86. The van der Waals surface area contributed by atoms with Gasteiger partial charge < -0.3 is 10.0 Å². The Labute approximate surface area is 146 Å². The smallest absolute Gasteiger partial charge is 0.377 e. The molecule has 0 saturated carbocycles. The lowest BCUT2D eigenvalue weighted by molar-refractivity contribution is -0.336. The highest BCUT2D eigenvalue weighted by molar-refractivity contribution is 6.31. The maximum Gasteiger partial charge on any atom is 0.457 e. The van der Waals surface area contributed by atoms with E-state index in [0.717, 1.165) is 18.2 Å². The van der Waals surface area contributed by atoms with Crippen LogP contribution in [0.3, 0.4) is 0 Å². The number of hydrogen-bond acceptors (Lipinski definition) is 2. The van der Waals surface area contributed by atoms with E-state index in [1.54, 1.807) is 0 Å². The first-order valence-electron chi connectivity index (χ1n) is 7.13. The summed E-state index contributed by atoms with van der Waals surface area (Å²) in [5, 5.41) is 10.4. The predicted molar refractivity (Wildman–Crippen MR) is 86.2 cm³/mol. The van der Waals surface area contributed by atoms with Crippen molar-refractivity contribution in [1.29, 1.82) is 0 Å². The highest BCUT2D eigenvalue weighted by atomic mass is 35.5. The number of halogens is 6. The molecular formula is C17H15ClF5NO. The quantitative estimate of drug-likeness (QED) is 0.768. The zero-order valence-corrected chi connectivity index (χ0v) is 14.0. The zero-order valence-electron chi connectivity index (χ0n) is 13.3. The molecule has 2 nitrogen and oxygen atoms in total. The van der Waals surface area contributed by atoms with Crippen LogP contribution in [0, 0.1) is 0 Å². The van der Waals surface area contributed by atoms with Crippen LogP contribution < -0.4 is 4.90 Å². The van der Waals surface area contributed by atoms with E-state index in [1.165, 1.54) is 49.3 Å². The van der Waals surface area contributed by atoms with Gasteiger partial charge in [0, 0.05) is 35.9 Å². The summed E-state index contributed by atoms with van der Waals surface area (Å²) >= 11 is 5.87. The van der Waals surface area contributed by atoms with Crippen LogP contribution in [0.5, 0.6) is 0 Å². The average molecular weight is 380 g/mol. The molecule has 136 valence electrons. The average Bonchev–Trinajstić information content (AvgIpc) is 2.53. The summed E-state index contributed by atoms with van der Waals surface area (Å²) in [6, 6.07) is 9.81. The van der Waals surface area contributed by atoms with Crippen molar-refractivity contribution in [2.24, 2.45) is 0 Å². The van der Waals surface area contributed by atoms with Crippen molar-refractivity contribution in [2.75, 3.05) is 19.0 Å². The van der Waals surface area contributed by atoms with Crippen LogP contribution >= 0.6 is 11.6 Å². The maximum absolute atomic E-state index is 14.5. The van der Waals surface area contributed by atoms with Crippen molar-refractivity contribution in [3.63, 3.8) is 0 Å². The summed E-state index contributed by atoms with van der Waals surface area (Å²) in [5.74, 6) is -5.49. The Balaban J connectivity index is 2.92. The fraction of sp³-hybridized carbons (Fsp3) is 0.294. The lowest BCUT2D eigenvalue weighted by Crippen LogP contribution is -2.56. The Morgan fingerprint density at radius 2 is 1.32 bits per heavy atom. The molecule has 0 aliphatic heterocycles. The molecule has 0 bridgehead atoms. The summed E-state index contributed by atoms with van der Waals surface area (Å²) in [5.41, 5.74) is -5.03. The zero-order chi connectivity index (χ0) is 19.0. The van der Waals surface area contributed by atoms with Gasteiger partial charge in [0.25, 0.3) is 0 Å². The van der Waals surface area contributed by atoms with Gasteiger partial charge in [0.05, 0.1) is 0 Å². The van der Waals surface area contributed by atoms with Gasteiger partial charge in [-0.05, 0) is 12.1 Å². The molecular weight excluding hydrogens is 365 g/mol. The second-order valence-corrected chi connectivity index (χ2v) is 6.08. The SMILES string of the molecule is CN(C)c1ccccc1C(O)(c1ccccc1Cl)C(F)(F)C(F)(F)F. The van der Waals surface area contributed by atoms with Crippen molar-refractivity contribution < 1.29 is 27.1 Å². The van der Waals surface area contributed by atoms with Crippen LogP contribution in [0.15, 0.2) is 48.5 Å². The lowest BCUT2D eigenvalue weighted by atomic mass is 9.79. The van der Waals surface area contributed by atoms with Gasteiger partial charge in [0.2, 0.25) is 0 Å². The van der Waals surface area contributed by atoms with E-state index < -0.39 is 33.8 Å². The van der Waals surface area contributed by atoms with Crippen molar-refractivity contribution in [3.05, 3.63) is 64.7 Å². The monoisotopic (exact) mass is 379 g/mol. The van der Waals surface area contributed by atoms with Crippen LogP contribution in [0.2, 0.25) is 5.02 Å². The van der Waals surface area contributed by atoms with E-state index in [9.17, 15) is 27.1 Å². The van der Waals surface area contributed by atoms with Gasteiger partial charge in [-0.1, -0.05) is 48.0 Å². The molecule has 1 atom stereocenters. The highest BCUT2D eigenvalue weighted by Crippen LogP contribution is 2.54. The van der Waals surface area contributed by atoms with Crippen LogP contribution in [0.1, 0.15) is 11.1 Å². The van der Waals surface area contributed by atoms with Crippen LogP contribution in [0.4, 0.5) is 27.6 Å². The van der Waals surface area contributed by atoms with Gasteiger partial charge in [-0.15, -0.1) is 0 Å². The van der Waals surface area contributed by atoms with E-state index >= 15 is 0 Å². The number of nitrogens with zero attached hydrogens (tertiary/aromatic N) is 1. The van der Waals surface area contributed by atoms with Crippen molar-refractivity contribution in [3.8, 4) is 0 Å². The number of hydrogen-bond donors (Lipinski definition) is 1. The molecule has 2 rings (SSSR count). The number of alkyl halides is 5. The topological polar surface area (TPSA) is 23.5 Å². The van der Waals surface area contributed by atoms with Crippen molar-refractivity contribution in [1.82, 2.24) is 0 Å². The van der Waals surface area contributed by atoms with Gasteiger partial charge in [-0.3, -0.25) is 0 Å². The standard InChI is InChI=1S/C17H15ClF5NO/c1-24(2)14-10-6-4-8-12(14)15(25,16(19,20)17(21,22)23)11-7-3-5-9-13(11)18/h3-10,25H,1-2H3. The number of benzene rings is 2. The minimum atomic E-state index is -6.00. The molecule has 0 spiro atoms. The number of para-hydroxylation sites is 1. The predicted octanol–water partition coefficient (Wildman–Crippen LogP) is 4.84. The van der Waals surface area contributed by atoms with Crippen molar-refractivity contribution >= 4 is 17.3 Å². The minimum Gasteiger partial charge on any atom is -0.377 e. The number of anilines is 1. The molecule has 0 amide bonds. The first-order chi connectivity index (χ1) is 11.4. The molecule has 1 unspecified atom stereocenters. The van der Waals surface area contributed by atoms with E-state index in [2.05, 4.69) is 0 Å². The maximum atomic E-state index is 14.5. The third-order valence-electron chi connectivity index (χ3n) is 3.85. The largest absolute Gasteiger partial charge is 0.457 e. The second-order valence-electron chi connectivity index (χ2n) is 5.67. The Morgan fingerprint density at radius 3 is 1.80 bits per heavy atom. The Kier molecular flexibility index (Phi) is 5.03. The summed E-state index contributed by atoms with van der Waals surface area (Å²) in [7, 11) is 2.94. The molecule has 0 aliphatic carbocycles. The molecule has 0 saturated heterocycles. The molecule has 0 aromatic heterocycles. The molecule has 0 radical (unpaired) electrons. The van der Waals surface area contributed by atoms with Crippen molar-refractivity contribution in [2.45, 2.75) is 17.7 Å². The molecule has 2 aromatic rings. The third-order valence-corrected chi connectivity index (χ3v) is 4.18. The van der Waals surface area contributed by atoms with Gasteiger partial charge in [0.1, 0.15) is 0 Å².